The van der Waals surface area contributed by atoms with Crippen LogP contribution in [0.5, 0.6) is 0 Å². The lowest BCUT2D eigenvalue weighted by Crippen LogP contribution is -2.48. The third-order valence-corrected chi connectivity index (χ3v) is 4.56. The van der Waals surface area contributed by atoms with Crippen LogP contribution in [0.15, 0.2) is 10.6 Å². The Morgan fingerprint density at radius 3 is 3.05 bits per heavy atom. The summed E-state index contributed by atoms with van der Waals surface area (Å²) >= 11 is 0. The number of aliphatic hydroxyl groups excluding tert-OH is 1. The minimum atomic E-state index is -0.194. The molecule has 2 fully saturated rings. The van der Waals surface area contributed by atoms with Crippen molar-refractivity contribution in [1.82, 2.24) is 15.4 Å². The predicted octanol–water partition coefficient (Wildman–Crippen LogP) is 0.499. The lowest BCUT2D eigenvalue weighted by molar-refractivity contribution is -0.115. The quantitative estimate of drug-likeness (QED) is 0.734. The molecule has 0 radical (unpaired) electrons. The number of β-amino-alcohol motifs (C(OH)–C–C–N with tert-alkyl or cyclic N) is 1. The molecular formula is C15H24N4O3. The van der Waals surface area contributed by atoms with Crippen molar-refractivity contribution in [1.29, 1.82) is 0 Å². The molecule has 3 atom stereocenters. The fourth-order valence-electron chi connectivity index (χ4n) is 3.52. The number of amides is 1. The van der Waals surface area contributed by atoms with Gasteiger partial charge >= 0.3 is 0 Å². The smallest absolute Gasteiger partial charge is 0.239 e. The van der Waals surface area contributed by atoms with E-state index in [1.54, 1.807) is 13.0 Å². The van der Waals surface area contributed by atoms with E-state index in [1.807, 2.05) is 0 Å². The summed E-state index contributed by atoms with van der Waals surface area (Å²) in [5.74, 6) is 1.02. The van der Waals surface area contributed by atoms with Gasteiger partial charge in [0, 0.05) is 31.2 Å². The molecule has 1 aliphatic carbocycles. The van der Waals surface area contributed by atoms with Crippen LogP contribution in [0.3, 0.4) is 0 Å². The Morgan fingerprint density at radius 2 is 2.36 bits per heavy atom. The Labute approximate surface area is 130 Å². The molecule has 0 bridgehead atoms. The van der Waals surface area contributed by atoms with Crippen LogP contribution < -0.4 is 10.6 Å². The molecule has 3 N–H and O–H groups in total. The highest BCUT2D eigenvalue weighted by atomic mass is 16.5. The highest BCUT2D eigenvalue weighted by Gasteiger charge is 2.35. The first kappa shape index (κ1) is 15.5. The molecular weight excluding hydrogens is 284 g/mol. The normalized spacial score (nSPS) is 29.1. The highest BCUT2D eigenvalue weighted by molar-refractivity contribution is 5.91. The second-order valence-electron chi connectivity index (χ2n) is 6.29. The van der Waals surface area contributed by atoms with Crippen molar-refractivity contribution in [2.75, 3.05) is 25.0 Å². The second-order valence-corrected chi connectivity index (χ2v) is 6.29. The number of carbonyl (C=O) groups is 1. The van der Waals surface area contributed by atoms with Crippen molar-refractivity contribution in [2.24, 2.45) is 0 Å². The van der Waals surface area contributed by atoms with Gasteiger partial charge in [0.2, 0.25) is 5.91 Å². The van der Waals surface area contributed by atoms with Gasteiger partial charge in [0.15, 0.2) is 5.82 Å². The number of nitrogens with zero attached hydrogens (tertiary/aromatic N) is 2. The van der Waals surface area contributed by atoms with E-state index in [-0.39, 0.29) is 18.6 Å². The van der Waals surface area contributed by atoms with E-state index in [0.717, 1.165) is 32.4 Å². The molecule has 1 saturated heterocycles. The van der Waals surface area contributed by atoms with Crippen molar-refractivity contribution < 1.29 is 14.4 Å². The van der Waals surface area contributed by atoms with Crippen molar-refractivity contribution in [3.63, 3.8) is 0 Å². The summed E-state index contributed by atoms with van der Waals surface area (Å²) in [6.45, 7) is 3.76. The number of hydrogen-bond donors (Lipinski definition) is 3. The Hall–Kier alpha value is -1.44. The van der Waals surface area contributed by atoms with E-state index in [9.17, 15) is 9.90 Å². The molecule has 2 heterocycles. The fraction of sp³-hybridized carbons (Fsp3) is 0.733. The molecule has 22 heavy (non-hydrogen) atoms. The van der Waals surface area contributed by atoms with Gasteiger partial charge in [0.1, 0.15) is 5.76 Å². The number of aromatic nitrogens is 1. The standard InChI is InChI=1S/C15H24N4O3/c1-10-7-14(18-22-10)17-15(21)8-16-12-3-2-4-13(12)19-6-5-11(20)9-19/h7,11-13,16,20H,2-6,8-9H2,1H3,(H,17,18,21)/t11?,12-,13+/m1/s1. The summed E-state index contributed by atoms with van der Waals surface area (Å²) in [4.78, 5) is 14.3. The van der Waals surface area contributed by atoms with Crippen LogP contribution in [0, 0.1) is 6.92 Å². The van der Waals surface area contributed by atoms with Gasteiger partial charge in [0.25, 0.3) is 0 Å². The van der Waals surface area contributed by atoms with Gasteiger partial charge in [-0.1, -0.05) is 11.6 Å². The van der Waals surface area contributed by atoms with Gasteiger partial charge in [-0.25, -0.2) is 0 Å². The van der Waals surface area contributed by atoms with E-state index in [4.69, 9.17) is 4.52 Å². The van der Waals surface area contributed by atoms with E-state index in [0.29, 0.717) is 23.7 Å². The third kappa shape index (κ3) is 3.66. The molecule has 2 aliphatic rings. The average molecular weight is 308 g/mol. The number of likely N-dealkylation sites (tertiary alicyclic amines) is 1. The number of nitrogens with one attached hydrogen (secondary N) is 2. The van der Waals surface area contributed by atoms with E-state index in [1.165, 1.54) is 6.42 Å². The second kappa shape index (κ2) is 6.76. The van der Waals surface area contributed by atoms with Gasteiger partial charge in [-0.2, -0.15) is 0 Å². The first-order chi connectivity index (χ1) is 10.6. The average Bonchev–Trinajstić information content (AvgIpc) is 3.18. The topological polar surface area (TPSA) is 90.6 Å². The number of carbonyl (C=O) groups excluding carboxylic acids is 1. The Balaban J connectivity index is 1.46. The summed E-state index contributed by atoms with van der Waals surface area (Å²) in [6, 6.07) is 2.44. The molecule has 1 amide bonds. The third-order valence-electron chi connectivity index (χ3n) is 4.56. The maximum Gasteiger partial charge on any atom is 0.239 e. The van der Waals surface area contributed by atoms with Crippen LogP contribution in [-0.2, 0) is 4.79 Å². The highest BCUT2D eigenvalue weighted by Crippen LogP contribution is 2.27. The van der Waals surface area contributed by atoms with Crippen LogP contribution in [0.1, 0.15) is 31.4 Å². The zero-order valence-electron chi connectivity index (χ0n) is 12.9. The lowest BCUT2D eigenvalue weighted by Gasteiger charge is -2.29. The Kier molecular flexibility index (Phi) is 4.75. The number of anilines is 1. The molecule has 1 unspecified atom stereocenters. The summed E-state index contributed by atoms with van der Waals surface area (Å²) in [6.07, 6.45) is 4.04. The number of aliphatic hydroxyl groups is 1. The SMILES string of the molecule is Cc1cc(NC(=O)CN[C@@H]2CCC[C@@H]2N2CCC(O)C2)no1. The van der Waals surface area contributed by atoms with E-state index in [2.05, 4.69) is 20.7 Å². The fourth-order valence-corrected chi connectivity index (χ4v) is 3.52. The van der Waals surface area contributed by atoms with Gasteiger partial charge in [-0.3, -0.25) is 9.69 Å². The summed E-state index contributed by atoms with van der Waals surface area (Å²) < 4.78 is 4.92. The van der Waals surface area contributed by atoms with Crippen molar-refractivity contribution >= 4 is 11.7 Å². The summed E-state index contributed by atoms with van der Waals surface area (Å²) in [5.41, 5.74) is 0. The Morgan fingerprint density at radius 1 is 1.50 bits per heavy atom. The van der Waals surface area contributed by atoms with Crippen LogP contribution in [0.2, 0.25) is 0 Å². The van der Waals surface area contributed by atoms with Gasteiger partial charge < -0.3 is 20.3 Å². The lowest BCUT2D eigenvalue weighted by atomic mass is 10.1. The maximum absolute atomic E-state index is 11.9. The van der Waals surface area contributed by atoms with Gasteiger partial charge in [-0.05, 0) is 26.2 Å². The van der Waals surface area contributed by atoms with Gasteiger partial charge in [-0.15, -0.1) is 0 Å². The van der Waals surface area contributed by atoms with Crippen LogP contribution in [-0.4, -0.2) is 58.9 Å². The molecule has 0 aromatic carbocycles. The molecule has 122 valence electrons. The minimum Gasteiger partial charge on any atom is -0.392 e. The van der Waals surface area contributed by atoms with Crippen molar-refractivity contribution in [3.8, 4) is 0 Å². The number of rotatable bonds is 5. The molecule has 7 heteroatoms. The molecule has 1 aliphatic heterocycles. The molecule has 1 aromatic heterocycles. The number of hydrogen-bond acceptors (Lipinski definition) is 6. The molecule has 3 rings (SSSR count). The zero-order chi connectivity index (χ0) is 15.5. The molecule has 1 saturated carbocycles. The zero-order valence-corrected chi connectivity index (χ0v) is 12.9. The monoisotopic (exact) mass is 308 g/mol. The molecule has 0 spiro atoms. The van der Waals surface area contributed by atoms with Crippen LogP contribution in [0.25, 0.3) is 0 Å². The van der Waals surface area contributed by atoms with Crippen molar-refractivity contribution in [3.05, 3.63) is 11.8 Å². The summed E-state index contributed by atoms with van der Waals surface area (Å²) in [7, 11) is 0. The minimum absolute atomic E-state index is 0.111. The van der Waals surface area contributed by atoms with Crippen LogP contribution in [0.4, 0.5) is 5.82 Å². The maximum atomic E-state index is 11.9. The van der Waals surface area contributed by atoms with Gasteiger partial charge in [0.05, 0.1) is 12.6 Å². The van der Waals surface area contributed by atoms with E-state index < -0.39 is 0 Å². The first-order valence-electron chi connectivity index (χ1n) is 8.00. The van der Waals surface area contributed by atoms with E-state index >= 15 is 0 Å². The van der Waals surface area contributed by atoms with Crippen molar-refractivity contribution in [2.45, 2.75) is 50.8 Å². The first-order valence-corrected chi connectivity index (χ1v) is 8.00. The largest absolute Gasteiger partial charge is 0.392 e. The molecule has 7 nitrogen and oxygen atoms in total. The molecule has 1 aromatic rings. The van der Waals surface area contributed by atoms with Crippen LogP contribution >= 0.6 is 0 Å². The number of aryl methyl sites for hydroxylation is 1. The predicted molar refractivity (Wildman–Crippen MR) is 81.5 cm³/mol. The Bertz CT molecular complexity index is 519. The summed E-state index contributed by atoms with van der Waals surface area (Å²) in [5, 5.41) is 19.5.